The molecular formula is C49H31Cl2N23O6S5. The van der Waals surface area contributed by atoms with Crippen molar-refractivity contribution in [3.63, 3.8) is 0 Å². The van der Waals surface area contributed by atoms with Crippen LogP contribution in [0.5, 0.6) is 23.0 Å². The maximum atomic E-state index is 11.2. The highest BCUT2D eigenvalue weighted by atomic mass is 35.5. The number of carbonyl (C=O) groups excluding carboxylic acids is 2. The highest BCUT2D eigenvalue weighted by molar-refractivity contribution is 7.98. The number of amides is 2. The Hall–Kier alpha value is -10.3. The van der Waals surface area contributed by atoms with Crippen LogP contribution in [0.3, 0.4) is 0 Å². The van der Waals surface area contributed by atoms with Crippen LogP contribution in [0, 0.1) is 18.3 Å². The van der Waals surface area contributed by atoms with E-state index >= 15 is 0 Å². The molecule has 36 heteroatoms. The first kappa shape index (κ1) is 59.3. The van der Waals surface area contributed by atoms with Crippen LogP contribution < -0.4 is 11.5 Å². The molecule has 0 atom stereocenters. The molecule has 422 valence electrons. The molecule has 8 N–H and O–H groups in total. The molecule has 0 bridgehead atoms. The molecule has 0 spiro atoms. The Morgan fingerprint density at radius 3 is 1.59 bits per heavy atom. The van der Waals surface area contributed by atoms with E-state index in [1.807, 2.05) is 12.3 Å². The van der Waals surface area contributed by atoms with Crippen molar-refractivity contribution >= 4 is 180 Å². The fourth-order valence-corrected chi connectivity index (χ4v) is 9.69. The second kappa shape index (κ2) is 27.2. The lowest BCUT2D eigenvalue weighted by Gasteiger charge is -2.00. The van der Waals surface area contributed by atoms with Crippen molar-refractivity contribution in [2.45, 2.75) is 12.1 Å². The first-order chi connectivity index (χ1) is 41.0. The summed E-state index contributed by atoms with van der Waals surface area (Å²) in [7, 11) is 0. The van der Waals surface area contributed by atoms with Gasteiger partial charge in [-0.05, 0) is 132 Å². The minimum atomic E-state index is -0.735. The van der Waals surface area contributed by atoms with Crippen molar-refractivity contribution in [2.24, 2.45) is 52.4 Å². The van der Waals surface area contributed by atoms with Gasteiger partial charge in [0, 0.05) is 24.8 Å². The molecule has 12 aromatic rings. The smallest absolute Gasteiger partial charge is 0.252 e. The summed E-state index contributed by atoms with van der Waals surface area (Å²) < 4.78 is 16.6. The van der Waals surface area contributed by atoms with Gasteiger partial charge in [-0.1, -0.05) is 35.0 Å². The number of nitriles is 1. The third-order valence-corrected chi connectivity index (χ3v) is 14.6. The van der Waals surface area contributed by atoms with E-state index in [-0.39, 0.29) is 50.1 Å². The fourth-order valence-electron chi connectivity index (χ4n) is 6.49. The maximum absolute atomic E-state index is 11.2. The molecule has 0 aliphatic carbocycles. The Bertz CT molecular complexity index is 4670. The summed E-state index contributed by atoms with van der Waals surface area (Å²) in [5.41, 5.74) is 14.3. The molecule has 9 aromatic heterocycles. The van der Waals surface area contributed by atoms with Crippen LogP contribution in [-0.2, 0) is 0 Å². The summed E-state index contributed by atoms with van der Waals surface area (Å²) in [5, 5.41) is 84.8. The van der Waals surface area contributed by atoms with Gasteiger partial charge in [0.15, 0.2) is 64.5 Å². The third kappa shape index (κ3) is 14.9. The zero-order valence-electron chi connectivity index (χ0n) is 42.8. The monoisotopic (exact) mass is 1270 g/mol. The maximum Gasteiger partial charge on any atom is 0.252 e. The van der Waals surface area contributed by atoms with E-state index in [0.717, 1.165) is 40.0 Å². The van der Waals surface area contributed by atoms with Gasteiger partial charge >= 0.3 is 0 Å². The predicted molar refractivity (Wildman–Crippen MR) is 318 cm³/mol. The molecule has 0 saturated carbocycles. The summed E-state index contributed by atoms with van der Waals surface area (Å²) in [6.07, 6.45) is 9.67. The Morgan fingerprint density at radius 2 is 1.04 bits per heavy atom. The fraction of sp³-hybridized carbons (Fsp3) is 0.0408. The van der Waals surface area contributed by atoms with Gasteiger partial charge in [0.25, 0.3) is 11.8 Å². The lowest BCUT2D eigenvalue weighted by molar-refractivity contribution is 0.0989. The van der Waals surface area contributed by atoms with Crippen molar-refractivity contribution < 1.29 is 30.0 Å². The number of nitrogens with two attached hydrogens (primary N) is 2. The van der Waals surface area contributed by atoms with Gasteiger partial charge in [-0.3, -0.25) is 9.59 Å². The zero-order valence-corrected chi connectivity index (χ0v) is 48.4. The van der Waals surface area contributed by atoms with Gasteiger partial charge in [0.05, 0.1) is 60.3 Å². The number of primary amides is 2. The molecule has 0 radical (unpaired) electrons. The van der Waals surface area contributed by atoms with Crippen molar-refractivity contribution in [3.05, 3.63) is 137 Å². The summed E-state index contributed by atoms with van der Waals surface area (Å²) in [4.78, 5) is 55.0. The Labute approximate surface area is 505 Å². The van der Waals surface area contributed by atoms with Crippen LogP contribution in [0.15, 0.2) is 150 Å². The number of nitrogens with zero attached hydrogens (tertiary/aromatic N) is 21. The van der Waals surface area contributed by atoms with Crippen molar-refractivity contribution in [3.8, 4) is 29.1 Å². The average molecular weight is 1270 g/mol. The largest absolute Gasteiger partial charge is 0.507 e. The number of rotatable bonds is 11. The summed E-state index contributed by atoms with van der Waals surface area (Å²) >= 11 is 17.5. The number of pyridine rings is 2. The molecule has 29 nitrogen and oxygen atoms in total. The van der Waals surface area contributed by atoms with Crippen LogP contribution in [0.1, 0.15) is 32.1 Å². The number of hydrogen-bond donors (Lipinski definition) is 6. The second-order valence-electron chi connectivity index (χ2n) is 16.2. The van der Waals surface area contributed by atoms with E-state index in [0.29, 0.717) is 92.4 Å². The van der Waals surface area contributed by atoms with Crippen LogP contribution >= 0.6 is 81.1 Å². The first-order valence-corrected chi connectivity index (χ1v) is 28.3. The van der Waals surface area contributed by atoms with Gasteiger partial charge in [-0.15, -0.1) is 40.9 Å². The number of phenols is 3. The number of azo groups is 4. The number of hydrogen-bond acceptors (Lipinski definition) is 32. The number of halogens is 2. The first-order valence-electron chi connectivity index (χ1n) is 23.3. The number of aromatic nitrogens is 12. The molecule has 0 unspecified atom stereocenters. The number of carbonyl (C=O) groups is 2. The van der Waals surface area contributed by atoms with Crippen molar-refractivity contribution in [1.29, 1.82) is 5.26 Å². The normalized spacial score (nSPS) is 11.3. The lowest BCUT2D eigenvalue weighted by Crippen LogP contribution is -2.10. The van der Waals surface area contributed by atoms with Gasteiger partial charge in [0.2, 0.25) is 0 Å². The molecule has 12 rings (SSSR count). The number of thioether (sulfide) groups is 1. The summed E-state index contributed by atoms with van der Waals surface area (Å²) in [6.45, 7) is 1.80. The topological polar surface area (TPSA) is 444 Å². The molecule has 3 aromatic carbocycles. The van der Waals surface area contributed by atoms with Gasteiger partial charge < -0.3 is 31.9 Å². The van der Waals surface area contributed by atoms with Crippen LogP contribution in [0.2, 0.25) is 10.2 Å². The minimum Gasteiger partial charge on any atom is -0.507 e. The molecular weight excluding hydrogens is 1240 g/mol. The minimum absolute atomic E-state index is 0.0102. The van der Waals surface area contributed by atoms with Crippen molar-refractivity contribution in [2.75, 3.05) is 6.26 Å². The third-order valence-electron chi connectivity index (χ3n) is 10.6. The van der Waals surface area contributed by atoms with E-state index < -0.39 is 11.8 Å². The van der Waals surface area contributed by atoms with E-state index in [2.05, 4.69) is 98.3 Å². The van der Waals surface area contributed by atoms with E-state index in [9.17, 15) is 30.0 Å². The predicted octanol–water partition coefficient (Wildman–Crippen LogP) is 13.2. The zero-order chi connectivity index (χ0) is 60.1. The molecule has 9 heterocycles. The molecule has 2 amide bonds. The lowest BCUT2D eigenvalue weighted by atomic mass is 10.2. The molecule has 85 heavy (non-hydrogen) atoms. The van der Waals surface area contributed by atoms with Gasteiger partial charge in [0.1, 0.15) is 35.5 Å². The van der Waals surface area contributed by atoms with Crippen LogP contribution in [-0.4, -0.2) is 95.9 Å². The van der Waals surface area contributed by atoms with E-state index in [1.54, 1.807) is 37.6 Å². The van der Waals surface area contributed by atoms with E-state index in [4.69, 9.17) is 39.9 Å². The molecule has 0 aliphatic heterocycles. The number of phenolic OH excluding ortho intramolecular Hbond substituents is 1. The second-order valence-corrected chi connectivity index (χ2v) is 20.8. The summed E-state index contributed by atoms with van der Waals surface area (Å²) in [5.74, 6) is -1.06. The number of aryl methyl sites for hydroxylation is 1. The highest BCUT2D eigenvalue weighted by Crippen LogP contribution is 2.36. The Kier molecular flexibility index (Phi) is 19.0. The number of fused-ring (bicyclic) bond motifs is 4. The molecule has 0 saturated heterocycles. The van der Waals surface area contributed by atoms with Crippen molar-refractivity contribution in [1.82, 2.24) is 57.4 Å². The van der Waals surface area contributed by atoms with Crippen LogP contribution in [0.25, 0.3) is 44.1 Å². The summed E-state index contributed by atoms with van der Waals surface area (Å²) in [6, 6.07) is 19.6. The molecule has 0 aliphatic rings. The SMILES string of the molecule is CSc1ncc2c(N=Nc3ccc(O)c(C(N)=O)c3)snc2n1.Cc1ncc2c(N=Nc3ccc(O)c(Cl)c3)snc2n1.N#Cc1cnc2nsc(N=Nc3ccc(O)c(Cl)n3)c2c1.NC(=O)c1cc(N=Nc2snc3ncncc23)ccc1O. The highest BCUT2D eigenvalue weighted by Gasteiger charge is 2.14. The van der Waals surface area contributed by atoms with Gasteiger partial charge in [-0.25, -0.2) is 39.9 Å². The van der Waals surface area contributed by atoms with Crippen LogP contribution in [0.4, 0.5) is 42.9 Å². The quantitative estimate of drug-likeness (QED) is 0.0303. The Morgan fingerprint density at radius 1 is 0.541 bits per heavy atom. The van der Waals surface area contributed by atoms with E-state index in [1.165, 1.54) is 96.5 Å². The molecule has 0 fully saturated rings. The average Bonchev–Trinajstić information content (AvgIpc) is 4.50. The van der Waals surface area contributed by atoms with Gasteiger partial charge in [-0.2, -0.15) is 22.8 Å². The number of aromatic hydroxyl groups is 4. The Balaban J connectivity index is 0.000000136. The number of benzene rings is 3. The standard InChI is InChI=1S/C13H10N6O2S2.C12H5ClN6OS.C12H8ClN5OS.C12H8N6O2S/c1-22-13-15-5-8-11(16-13)19-23-12(8)18-17-6-2-3-9(20)7(4-6)10(14)21;13-10-8(20)1-2-9(16-10)17-18-12-7-3-6(4-14)5-15-11(7)19-21-12;1-6-14-5-8-11(15-6)18-20-12(8)17-16-7-2-3-10(19)9(13)4-7;13-10(20)7-3-6(1-2-9(7)19)16-17-12-8-4-14-5-15-11(8)18-21-12/h2-5,20H,1H3,(H2,14,21);1-3,5,20H;2-5,19H,1H3;1-5,19H,(H2,13,20).